The first kappa shape index (κ1) is 15.3. The predicted octanol–water partition coefficient (Wildman–Crippen LogP) is 4.22. The van der Waals surface area contributed by atoms with Gasteiger partial charge in [-0.3, -0.25) is 4.90 Å². The van der Waals surface area contributed by atoms with E-state index in [2.05, 4.69) is 11.0 Å². The van der Waals surface area contributed by atoms with Crippen molar-refractivity contribution in [1.82, 2.24) is 4.90 Å². The van der Waals surface area contributed by atoms with Gasteiger partial charge in [0, 0.05) is 6.54 Å². The summed E-state index contributed by atoms with van der Waals surface area (Å²) in [6.07, 6.45) is 2.54. The van der Waals surface area contributed by atoms with Gasteiger partial charge in [-0.2, -0.15) is 0 Å². The fraction of sp³-hybridized carbons (Fsp3) is 0.333. The summed E-state index contributed by atoms with van der Waals surface area (Å²) >= 11 is 6.50. The van der Waals surface area contributed by atoms with Gasteiger partial charge >= 0.3 is 0 Å². The van der Waals surface area contributed by atoms with Crippen molar-refractivity contribution < 1.29 is 9.84 Å². The first-order valence-electron chi connectivity index (χ1n) is 7.63. The molecule has 3 rings (SSSR count). The van der Waals surface area contributed by atoms with E-state index in [0.29, 0.717) is 10.8 Å². The normalized spacial score (nSPS) is 15.2. The van der Waals surface area contributed by atoms with Crippen LogP contribution < -0.4 is 4.74 Å². The quantitative estimate of drug-likeness (QED) is 0.896. The highest BCUT2D eigenvalue weighted by molar-refractivity contribution is 6.32. The summed E-state index contributed by atoms with van der Waals surface area (Å²) in [6, 6.07) is 13.3. The maximum atomic E-state index is 9.07. The molecule has 1 N–H and O–H groups in total. The van der Waals surface area contributed by atoms with Crippen molar-refractivity contribution in [1.29, 1.82) is 0 Å². The molecule has 22 heavy (non-hydrogen) atoms. The van der Waals surface area contributed by atoms with Crippen LogP contribution in [0.3, 0.4) is 0 Å². The van der Waals surface area contributed by atoms with Gasteiger partial charge in [-0.25, -0.2) is 0 Å². The average molecular weight is 318 g/mol. The average Bonchev–Trinajstić information content (AvgIpc) is 3.05. The number of benzene rings is 2. The summed E-state index contributed by atoms with van der Waals surface area (Å²) in [5.41, 5.74) is 1.97. The maximum absolute atomic E-state index is 9.07. The van der Waals surface area contributed by atoms with Gasteiger partial charge in [0.1, 0.15) is 11.5 Å². The third kappa shape index (κ3) is 3.61. The molecule has 116 valence electrons. The Morgan fingerprint density at radius 2 is 1.77 bits per heavy atom. The van der Waals surface area contributed by atoms with Gasteiger partial charge in [0.15, 0.2) is 0 Å². The minimum absolute atomic E-state index is 0.0341. The molecule has 0 aliphatic carbocycles. The number of nitrogens with zero attached hydrogens (tertiary/aromatic N) is 1. The van der Waals surface area contributed by atoms with E-state index in [-0.39, 0.29) is 6.61 Å². The molecule has 1 heterocycles. The number of halogens is 1. The number of ether oxygens (including phenoxy) is 1. The lowest BCUT2D eigenvalue weighted by molar-refractivity contribution is 0.281. The second kappa shape index (κ2) is 7.14. The van der Waals surface area contributed by atoms with Crippen LogP contribution in [0.15, 0.2) is 42.5 Å². The summed E-state index contributed by atoms with van der Waals surface area (Å²) in [5, 5.41) is 9.75. The van der Waals surface area contributed by atoms with Crippen LogP contribution in [0.4, 0.5) is 0 Å². The second-order valence-corrected chi connectivity index (χ2v) is 5.99. The molecule has 1 saturated heterocycles. The van der Waals surface area contributed by atoms with E-state index < -0.39 is 0 Å². The Labute approximate surface area is 136 Å². The monoisotopic (exact) mass is 317 g/mol. The topological polar surface area (TPSA) is 32.7 Å². The number of rotatable bonds is 5. The molecular weight excluding hydrogens is 298 g/mol. The highest BCUT2D eigenvalue weighted by atomic mass is 35.5. The lowest BCUT2D eigenvalue weighted by Crippen LogP contribution is -2.18. The van der Waals surface area contributed by atoms with Crippen molar-refractivity contribution in [3.63, 3.8) is 0 Å². The molecule has 3 nitrogen and oxygen atoms in total. The van der Waals surface area contributed by atoms with Crippen LogP contribution in [-0.2, 0) is 13.2 Å². The van der Waals surface area contributed by atoms with E-state index in [1.54, 1.807) is 0 Å². The molecule has 2 aromatic rings. The second-order valence-electron chi connectivity index (χ2n) is 5.62. The van der Waals surface area contributed by atoms with Crippen molar-refractivity contribution in [3.8, 4) is 11.5 Å². The van der Waals surface area contributed by atoms with Gasteiger partial charge in [-0.1, -0.05) is 35.9 Å². The summed E-state index contributed by atoms with van der Waals surface area (Å²) in [5.74, 6) is 1.40. The zero-order valence-electron chi connectivity index (χ0n) is 12.5. The molecule has 0 aromatic heterocycles. The lowest BCUT2D eigenvalue weighted by Gasteiger charge is -2.17. The van der Waals surface area contributed by atoms with Crippen LogP contribution in [0.1, 0.15) is 24.0 Å². The zero-order valence-corrected chi connectivity index (χ0v) is 13.2. The van der Waals surface area contributed by atoms with E-state index in [4.69, 9.17) is 21.4 Å². The van der Waals surface area contributed by atoms with E-state index in [0.717, 1.165) is 36.5 Å². The Bertz CT molecular complexity index is 621. The molecule has 2 aromatic carbocycles. The van der Waals surface area contributed by atoms with Crippen molar-refractivity contribution in [2.45, 2.75) is 26.0 Å². The number of aliphatic hydroxyl groups is 1. The smallest absolute Gasteiger partial charge is 0.146 e. The van der Waals surface area contributed by atoms with Crippen molar-refractivity contribution >= 4 is 11.6 Å². The SMILES string of the molecule is OCc1ccc(Oc2cccc(CN3CCCC3)c2Cl)cc1. The van der Waals surface area contributed by atoms with Crippen molar-refractivity contribution in [3.05, 3.63) is 58.6 Å². The fourth-order valence-electron chi connectivity index (χ4n) is 2.73. The molecule has 4 heteroatoms. The zero-order chi connectivity index (χ0) is 15.4. The summed E-state index contributed by atoms with van der Waals surface area (Å²) in [7, 11) is 0. The summed E-state index contributed by atoms with van der Waals surface area (Å²) < 4.78 is 5.88. The van der Waals surface area contributed by atoms with Gasteiger partial charge in [-0.15, -0.1) is 0 Å². The van der Waals surface area contributed by atoms with Gasteiger partial charge in [0.2, 0.25) is 0 Å². The molecule has 0 unspecified atom stereocenters. The fourth-order valence-corrected chi connectivity index (χ4v) is 2.95. The minimum atomic E-state index is 0.0341. The minimum Gasteiger partial charge on any atom is -0.456 e. The van der Waals surface area contributed by atoms with Crippen LogP contribution >= 0.6 is 11.6 Å². The Morgan fingerprint density at radius 3 is 2.45 bits per heavy atom. The van der Waals surface area contributed by atoms with E-state index >= 15 is 0 Å². The largest absolute Gasteiger partial charge is 0.456 e. The van der Waals surface area contributed by atoms with Crippen molar-refractivity contribution in [2.75, 3.05) is 13.1 Å². The molecule has 1 aliphatic heterocycles. The molecule has 0 spiro atoms. The van der Waals surface area contributed by atoms with Crippen molar-refractivity contribution in [2.24, 2.45) is 0 Å². The maximum Gasteiger partial charge on any atom is 0.146 e. The van der Waals surface area contributed by atoms with E-state index in [1.807, 2.05) is 36.4 Å². The number of hydrogen-bond acceptors (Lipinski definition) is 3. The summed E-state index contributed by atoms with van der Waals surface area (Å²) in [6.45, 7) is 3.19. The molecule has 1 aliphatic rings. The summed E-state index contributed by atoms with van der Waals surface area (Å²) in [4.78, 5) is 2.42. The van der Waals surface area contributed by atoms with E-state index in [1.165, 1.54) is 12.8 Å². The molecular formula is C18H20ClNO2. The Balaban J connectivity index is 1.75. The van der Waals surface area contributed by atoms with Crippen LogP contribution in [0.2, 0.25) is 5.02 Å². The van der Waals surface area contributed by atoms with Gasteiger partial charge in [0.25, 0.3) is 0 Å². The Morgan fingerprint density at radius 1 is 1.05 bits per heavy atom. The molecule has 0 amide bonds. The first-order valence-corrected chi connectivity index (χ1v) is 8.01. The highest BCUT2D eigenvalue weighted by Gasteiger charge is 2.15. The molecule has 0 radical (unpaired) electrons. The number of likely N-dealkylation sites (tertiary alicyclic amines) is 1. The number of aliphatic hydroxyl groups excluding tert-OH is 1. The predicted molar refractivity (Wildman–Crippen MR) is 88.4 cm³/mol. The van der Waals surface area contributed by atoms with E-state index in [9.17, 15) is 0 Å². The van der Waals surface area contributed by atoms with Crippen LogP contribution in [0, 0.1) is 0 Å². The van der Waals surface area contributed by atoms with Crippen LogP contribution in [-0.4, -0.2) is 23.1 Å². The Hall–Kier alpha value is -1.55. The first-order chi connectivity index (χ1) is 10.8. The lowest BCUT2D eigenvalue weighted by atomic mass is 10.2. The highest BCUT2D eigenvalue weighted by Crippen LogP contribution is 2.33. The van der Waals surface area contributed by atoms with Gasteiger partial charge < -0.3 is 9.84 Å². The number of hydrogen-bond donors (Lipinski definition) is 1. The molecule has 0 saturated carbocycles. The Kier molecular flexibility index (Phi) is 4.98. The third-order valence-electron chi connectivity index (χ3n) is 3.97. The van der Waals surface area contributed by atoms with Gasteiger partial charge in [-0.05, 0) is 55.3 Å². The molecule has 1 fully saturated rings. The van der Waals surface area contributed by atoms with Crippen LogP contribution in [0.5, 0.6) is 11.5 Å². The standard InChI is InChI=1S/C18H20ClNO2/c19-18-15(12-20-10-1-2-11-20)4-3-5-17(18)22-16-8-6-14(13-21)7-9-16/h3-9,21H,1-2,10-13H2. The third-order valence-corrected chi connectivity index (χ3v) is 4.40. The van der Waals surface area contributed by atoms with Crippen LogP contribution in [0.25, 0.3) is 0 Å². The van der Waals surface area contributed by atoms with Gasteiger partial charge in [0.05, 0.1) is 11.6 Å². The molecule has 0 bridgehead atoms. The molecule has 0 atom stereocenters.